The Bertz CT molecular complexity index is 521. The van der Waals surface area contributed by atoms with Crippen LogP contribution in [-0.4, -0.2) is 30.4 Å². The largest absolute Gasteiger partial charge is 0.498 e. The number of nitriles is 1. The Labute approximate surface area is 113 Å². The predicted octanol–water partition coefficient (Wildman–Crippen LogP) is 1.26. The van der Waals surface area contributed by atoms with Gasteiger partial charge in [-0.2, -0.15) is 5.26 Å². The van der Waals surface area contributed by atoms with E-state index >= 15 is 0 Å². The number of methoxy groups -OCH3 is 1. The lowest BCUT2D eigenvalue weighted by Crippen LogP contribution is -2.41. The van der Waals surface area contributed by atoms with Gasteiger partial charge >= 0.3 is 7.12 Å². The Morgan fingerprint density at radius 3 is 2.32 bits per heavy atom. The number of nitrogens with zero attached hydrogens (tertiary/aromatic N) is 2. The molecule has 0 unspecified atom stereocenters. The Kier molecular flexibility index (Phi) is 3.29. The van der Waals surface area contributed by atoms with Crippen LogP contribution >= 0.6 is 0 Å². The maximum absolute atomic E-state index is 8.94. The fourth-order valence-electron chi connectivity index (χ4n) is 1.84. The van der Waals surface area contributed by atoms with Crippen molar-refractivity contribution >= 4 is 12.6 Å². The number of hydrogen-bond acceptors (Lipinski definition) is 5. The summed E-state index contributed by atoms with van der Waals surface area (Å²) >= 11 is 0. The van der Waals surface area contributed by atoms with Gasteiger partial charge in [0.15, 0.2) is 0 Å². The molecule has 19 heavy (non-hydrogen) atoms. The van der Waals surface area contributed by atoms with Crippen LogP contribution in [0.5, 0.6) is 5.75 Å². The van der Waals surface area contributed by atoms with Crippen molar-refractivity contribution in [2.24, 2.45) is 0 Å². The van der Waals surface area contributed by atoms with Crippen molar-refractivity contribution in [3.63, 3.8) is 0 Å². The topological polar surface area (TPSA) is 64.4 Å². The zero-order chi connectivity index (χ0) is 14.3. The molecule has 0 aliphatic carbocycles. The summed E-state index contributed by atoms with van der Waals surface area (Å²) in [6.07, 6.45) is 1.51. The molecule has 1 saturated heterocycles. The molecule has 0 spiro atoms. The predicted molar refractivity (Wildman–Crippen MR) is 71.2 cm³/mol. The summed E-state index contributed by atoms with van der Waals surface area (Å²) in [4.78, 5) is 3.98. The molecule has 100 valence electrons. The van der Waals surface area contributed by atoms with Gasteiger partial charge in [0.25, 0.3) is 0 Å². The lowest BCUT2D eigenvalue weighted by atomic mass is 9.78. The molecule has 1 aliphatic rings. The first-order chi connectivity index (χ1) is 8.80. The van der Waals surface area contributed by atoms with Crippen LogP contribution in [-0.2, 0) is 9.31 Å². The third-order valence-electron chi connectivity index (χ3n) is 3.74. The molecule has 0 aromatic carbocycles. The van der Waals surface area contributed by atoms with E-state index in [4.69, 9.17) is 19.3 Å². The first-order valence-corrected chi connectivity index (χ1v) is 6.10. The standard InChI is InChI=1S/C13H17BN2O3/c1-12(2)13(3,4)19-14(18-12)10-6-9(7-15)16-8-11(10)17-5/h6,8H,1-5H3. The Hall–Kier alpha value is -1.58. The Morgan fingerprint density at radius 1 is 1.26 bits per heavy atom. The van der Waals surface area contributed by atoms with Crippen LogP contribution in [0.25, 0.3) is 0 Å². The summed E-state index contributed by atoms with van der Waals surface area (Å²) in [6, 6.07) is 3.65. The molecule has 0 atom stereocenters. The fourth-order valence-corrected chi connectivity index (χ4v) is 1.84. The summed E-state index contributed by atoms with van der Waals surface area (Å²) in [7, 11) is 0.993. The first kappa shape index (κ1) is 13.8. The van der Waals surface area contributed by atoms with Gasteiger partial charge in [-0.15, -0.1) is 0 Å². The smallest absolute Gasteiger partial charge is 0.496 e. The van der Waals surface area contributed by atoms with Crippen LogP contribution in [0.1, 0.15) is 33.4 Å². The average Bonchev–Trinajstić information content (AvgIpc) is 2.57. The van der Waals surface area contributed by atoms with Gasteiger partial charge < -0.3 is 14.0 Å². The normalized spacial score (nSPS) is 20.1. The molecule has 2 rings (SSSR count). The minimum atomic E-state index is -0.560. The molecule has 0 radical (unpaired) electrons. The number of aromatic nitrogens is 1. The molecule has 1 aromatic heterocycles. The Morgan fingerprint density at radius 2 is 1.84 bits per heavy atom. The third-order valence-corrected chi connectivity index (χ3v) is 3.74. The lowest BCUT2D eigenvalue weighted by molar-refractivity contribution is 0.00578. The minimum absolute atomic E-state index is 0.311. The highest BCUT2D eigenvalue weighted by Gasteiger charge is 2.52. The van der Waals surface area contributed by atoms with E-state index in [2.05, 4.69) is 4.98 Å². The zero-order valence-corrected chi connectivity index (χ0v) is 11.9. The molecule has 6 heteroatoms. The quantitative estimate of drug-likeness (QED) is 0.749. The fraction of sp³-hybridized carbons (Fsp3) is 0.538. The Balaban J connectivity index is 2.41. The molecule has 0 N–H and O–H groups in total. The summed E-state index contributed by atoms with van der Waals surface area (Å²) in [5.41, 5.74) is 0.135. The van der Waals surface area contributed by atoms with Crippen molar-refractivity contribution in [3.8, 4) is 11.8 Å². The molecule has 1 aliphatic heterocycles. The molecule has 0 amide bonds. The van der Waals surface area contributed by atoms with E-state index < -0.39 is 18.3 Å². The number of rotatable bonds is 2. The van der Waals surface area contributed by atoms with E-state index in [-0.39, 0.29) is 0 Å². The van der Waals surface area contributed by atoms with Gasteiger partial charge in [0, 0.05) is 5.46 Å². The molecule has 1 fully saturated rings. The van der Waals surface area contributed by atoms with Crippen LogP contribution in [0, 0.1) is 11.3 Å². The lowest BCUT2D eigenvalue weighted by Gasteiger charge is -2.32. The van der Waals surface area contributed by atoms with Gasteiger partial charge in [0.05, 0.1) is 24.5 Å². The second kappa shape index (κ2) is 4.51. The molecule has 5 nitrogen and oxygen atoms in total. The monoisotopic (exact) mass is 260 g/mol. The van der Waals surface area contributed by atoms with E-state index in [0.717, 1.165) is 0 Å². The van der Waals surface area contributed by atoms with Gasteiger partial charge in [0.2, 0.25) is 0 Å². The highest BCUT2D eigenvalue weighted by molar-refractivity contribution is 6.63. The minimum Gasteiger partial charge on any atom is -0.496 e. The van der Waals surface area contributed by atoms with Crippen molar-refractivity contribution in [2.75, 3.05) is 7.11 Å². The van der Waals surface area contributed by atoms with Gasteiger partial charge in [-0.1, -0.05) is 0 Å². The molecular weight excluding hydrogens is 243 g/mol. The van der Waals surface area contributed by atoms with Gasteiger partial charge in [-0.3, -0.25) is 0 Å². The first-order valence-electron chi connectivity index (χ1n) is 6.10. The highest BCUT2D eigenvalue weighted by Crippen LogP contribution is 2.37. The molecule has 0 saturated carbocycles. The van der Waals surface area contributed by atoms with E-state index in [0.29, 0.717) is 16.9 Å². The van der Waals surface area contributed by atoms with Crippen LogP contribution in [0.15, 0.2) is 12.3 Å². The maximum atomic E-state index is 8.94. The van der Waals surface area contributed by atoms with Crippen molar-refractivity contribution in [2.45, 2.75) is 38.9 Å². The van der Waals surface area contributed by atoms with Crippen molar-refractivity contribution < 1.29 is 14.0 Å². The second-order valence-corrected chi connectivity index (χ2v) is 5.51. The van der Waals surface area contributed by atoms with E-state index in [1.807, 2.05) is 33.8 Å². The maximum Gasteiger partial charge on any atom is 0.498 e. The van der Waals surface area contributed by atoms with E-state index in [1.54, 1.807) is 13.2 Å². The van der Waals surface area contributed by atoms with Crippen LogP contribution in [0.2, 0.25) is 0 Å². The van der Waals surface area contributed by atoms with Gasteiger partial charge in [0.1, 0.15) is 17.5 Å². The van der Waals surface area contributed by atoms with E-state index in [1.165, 1.54) is 6.20 Å². The molecule has 1 aromatic rings. The average molecular weight is 260 g/mol. The molecular formula is C13H17BN2O3. The van der Waals surface area contributed by atoms with Crippen molar-refractivity contribution in [3.05, 3.63) is 18.0 Å². The number of hydrogen-bond donors (Lipinski definition) is 0. The van der Waals surface area contributed by atoms with Gasteiger partial charge in [-0.25, -0.2) is 4.98 Å². The number of ether oxygens (including phenoxy) is 1. The van der Waals surface area contributed by atoms with Crippen molar-refractivity contribution in [1.82, 2.24) is 4.98 Å². The SMILES string of the molecule is COc1cnc(C#N)cc1B1OC(C)(C)C(C)(C)O1. The van der Waals surface area contributed by atoms with Gasteiger partial charge in [-0.05, 0) is 33.8 Å². The summed E-state index contributed by atoms with van der Waals surface area (Å²) < 4.78 is 17.2. The molecule has 2 heterocycles. The van der Waals surface area contributed by atoms with Crippen LogP contribution in [0.3, 0.4) is 0 Å². The molecule has 0 bridgehead atoms. The van der Waals surface area contributed by atoms with Crippen LogP contribution < -0.4 is 10.2 Å². The van der Waals surface area contributed by atoms with E-state index in [9.17, 15) is 0 Å². The zero-order valence-electron chi connectivity index (χ0n) is 11.9. The summed E-state index contributed by atoms with van der Waals surface area (Å²) in [5, 5.41) is 8.94. The third kappa shape index (κ3) is 2.31. The number of pyridine rings is 1. The summed E-state index contributed by atoms with van der Waals surface area (Å²) in [5.74, 6) is 0.553. The second-order valence-electron chi connectivity index (χ2n) is 5.51. The van der Waals surface area contributed by atoms with Crippen LogP contribution in [0.4, 0.5) is 0 Å². The summed E-state index contributed by atoms with van der Waals surface area (Å²) in [6.45, 7) is 7.91. The van der Waals surface area contributed by atoms with Crippen molar-refractivity contribution in [1.29, 1.82) is 5.26 Å². The highest BCUT2D eigenvalue weighted by atomic mass is 16.7.